The molecule has 2 saturated heterocycles. The third-order valence-electron chi connectivity index (χ3n) is 9.10. The van der Waals surface area contributed by atoms with Gasteiger partial charge in [0.1, 0.15) is 11.9 Å². The molecule has 1 unspecified atom stereocenters. The highest BCUT2D eigenvalue weighted by Crippen LogP contribution is 2.49. The van der Waals surface area contributed by atoms with Crippen LogP contribution >= 0.6 is 11.3 Å². The number of aromatic nitrogens is 1. The third-order valence-corrected chi connectivity index (χ3v) is 9.89. The number of ether oxygens (including phenoxy) is 2. The van der Waals surface area contributed by atoms with Crippen molar-refractivity contribution >= 4 is 29.2 Å². The highest BCUT2D eigenvalue weighted by atomic mass is 32.1. The molecule has 0 radical (unpaired) electrons. The molecule has 37 heavy (non-hydrogen) atoms. The molecule has 1 spiro atoms. The van der Waals surface area contributed by atoms with Gasteiger partial charge in [0.05, 0.1) is 46.5 Å². The predicted molar refractivity (Wildman–Crippen MR) is 143 cm³/mol. The van der Waals surface area contributed by atoms with Gasteiger partial charge in [0.15, 0.2) is 0 Å². The molecule has 8 heteroatoms. The van der Waals surface area contributed by atoms with E-state index in [-0.39, 0.29) is 29.8 Å². The van der Waals surface area contributed by atoms with Crippen molar-refractivity contribution < 1.29 is 29.3 Å². The van der Waals surface area contributed by atoms with Crippen molar-refractivity contribution in [2.45, 2.75) is 122 Å². The fourth-order valence-corrected chi connectivity index (χ4v) is 6.83. The summed E-state index contributed by atoms with van der Waals surface area (Å²) in [5, 5.41) is 25.3. The van der Waals surface area contributed by atoms with Crippen LogP contribution in [-0.4, -0.2) is 57.0 Å². The molecule has 1 aromatic rings. The van der Waals surface area contributed by atoms with Crippen LogP contribution in [0.4, 0.5) is 0 Å². The van der Waals surface area contributed by atoms with Crippen LogP contribution in [0.15, 0.2) is 11.0 Å². The van der Waals surface area contributed by atoms with Gasteiger partial charge in [0, 0.05) is 17.7 Å². The van der Waals surface area contributed by atoms with Gasteiger partial charge >= 0.3 is 5.97 Å². The summed E-state index contributed by atoms with van der Waals surface area (Å²) < 4.78 is 12.1. The number of hydrogen-bond acceptors (Lipinski definition) is 8. The first kappa shape index (κ1) is 28.4. The zero-order chi connectivity index (χ0) is 27.0. The average molecular weight is 534 g/mol. The summed E-state index contributed by atoms with van der Waals surface area (Å²) in [5.41, 5.74) is 0.442. The molecule has 0 bridgehead atoms. The van der Waals surface area contributed by atoms with Gasteiger partial charge in [-0.15, -0.1) is 11.3 Å². The van der Waals surface area contributed by atoms with Crippen LogP contribution in [-0.2, 0) is 19.1 Å². The molecule has 4 rings (SSSR count). The van der Waals surface area contributed by atoms with E-state index >= 15 is 0 Å². The van der Waals surface area contributed by atoms with E-state index in [4.69, 9.17) is 9.47 Å². The molecule has 1 aliphatic carbocycles. The van der Waals surface area contributed by atoms with E-state index in [0.717, 1.165) is 42.0 Å². The second-order valence-electron chi connectivity index (χ2n) is 11.8. The van der Waals surface area contributed by atoms with Crippen LogP contribution in [0.1, 0.15) is 96.2 Å². The van der Waals surface area contributed by atoms with E-state index in [1.807, 2.05) is 39.2 Å². The zero-order valence-electron chi connectivity index (χ0n) is 22.9. The maximum atomic E-state index is 13.7. The Morgan fingerprint density at radius 3 is 2.57 bits per heavy atom. The maximum Gasteiger partial charge on any atom is 0.309 e. The van der Waals surface area contributed by atoms with Crippen molar-refractivity contribution in [1.29, 1.82) is 0 Å². The highest BCUT2D eigenvalue weighted by Gasteiger charge is 2.55. The first-order valence-electron chi connectivity index (χ1n) is 13.9. The number of fused-ring (bicyclic) bond motifs is 1. The Hall–Kier alpha value is -1.61. The number of aliphatic hydroxyl groups excluding tert-OH is 2. The molecule has 1 saturated carbocycles. The minimum absolute atomic E-state index is 0.0354. The summed E-state index contributed by atoms with van der Waals surface area (Å²) in [4.78, 5) is 31.4. The third kappa shape index (κ3) is 6.02. The standard InChI is InChI=1S/C29H43NO6S/c1-6-21-26(33)17(2)9-7-10-28(5)24(36-28)14-22(18(3)13-20-16-37-19(4)30-20)35-25(32)15-23(31)29(27(21)34)11-8-12-29/h13,16-17,21-24,26,31,33H,6-12,14-15H2,1-5H3/b18-13+/t17-,21+,22+,23+,24?,26+,28+/m0/s1. The minimum Gasteiger partial charge on any atom is -0.458 e. The second-order valence-corrected chi connectivity index (χ2v) is 12.8. The molecule has 2 aliphatic heterocycles. The number of esters is 1. The largest absolute Gasteiger partial charge is 0.458 e. The number of thiazole rings is 1. The van der Waals surface area contributed by atoms with Crippen LogP contribution < -0.4 is 0 Å². The van der Waals surface area contributed by atoms with Crippen molar-refractivity contribution in [2.24, 2.45) is 17.3 Å². The number of carbonyl (C=O) groups excluding carboxylic acids is 2. The van der Waals surface area contributed by atoms with Gasteiger partial charge < -0.3 is 19.7 Å². The monoisotopic (exact) mass is 533 g/mol. The second kappa shape index (κ2) is 11.2. The smallest absolute Gasteiger partial charge is 0.309 e. The lowest BCUT2D eigenvalue weighted by Crippen LogP contribution is -2.53. The minimum atomic E-state index is -1.13. The normalized spacial score (nSPS) is 37.5. The number of ketones is 1. The Kier molecular flexibility index (Phi) is 8.63. The van der Waals surface area contributed by atoms with E-state index in [1.165, 1.54) is 0 Å². The SMILES string of the molecule is CC[C@H]1C(=O)C2(CCC2)[C@H](O)CC(=O)O[C@@H](/C(C)=C/c2csc(C)n2)CC2O[C@]2(C)CCC[C@H](C)[C@H]1O. The highest BCUT2D eigenvalue weighted by molar-refractivity contribution is 7.09. The topological polar surface area (TPSA) is 109 Å². The fourth-order valence-electron chi connectivity index (χ4n) is 6.26. The molecule has 3 heterocycles. The Balaban J connectivity index is 1.59. The predicted octanol–water partition coefficient (Wildman–Crippen LogP) is 5.01. The summed E-state index contributed by atoms with van der Waals surface area (Å²) in [6.45, 7) is 9.90. The molecule has 0 amide bonds. The summed E-state index contributed by atoms with van der Waals surface area (Å²) >= 11 is 1.57. The lowest BCUT2D eigenvalue weighted by atomic mass is 9.58. The van der Waals surface area contributed by atoms with Crippen molar-refractivity contribution in [3.63, 3.8) is 0 Å². The number of epoxide rings is 1. The molecule has 3 fully saturated rings. The Bertz CT molecular complexity index is 1020. The van der Waals surface area contributed by atoms with Crippen molar-refractivity contribution in [3.05, 3.63) is 21.7 Å². The van der Waals surface area contributed by atoms with Crippen LogP contribution in [0.5, 0.6) is 0 Å². The fraction of sp³-hybridized carbons (Fsp3) is 0.759. The number of aryl methyl sites for hydroxylation is 1. The van der Waals surface area contributed by atoms with Gasteiger partial charge in [-0.25, -0.2) is 4.98 Å². The van der Waals surface area contributed by atoms with E-state index < -0.39 is 35.6 Å². The Morgan fingerprint density at radius 1 is 1.24 bits per heavy atom. The van der Waals surface area contributed by atoms with Crippen molar-refractivity contribution in [2.75, 3.05) is 0 Å². The van der Waals surface area contributed by atoms with E-state index in [9.17, 15) is 19.8 Å². The maximum absolute atomic E-state index is 13.7. The molecule has 3 aliphatic rings. The van der Waals surface area contributed by atoms with Gasteiger partial charge in [0.2, 0.25) is 0 Å². The quantitative estimate of drug-likeness (QED) is 0.415. The van der Waals surface area contributed by atoms with Gasteiger partial charge in [-0.1, -0.05) is 26.7 Å². The summed E-state index contributed by atoms with van der Waals surface area (Å²) in [6, 6.07) is 0. The Labute approximate surface area is 224 Å². The number of aliphatic hydroxyl groups is 2. The molecule has 0 aromatic carbocycles. The van der Waals surface area contributed by atoms with E-state index in [0.29, 0.717) is 25.7 Å². The molecule has 1 aromatic heterocycles. The van der Waals surface area contributed by atoms with Gasteiger partial charge in [-0.05, 0) is 70.4 Å². The summed E-state index contributed by atoms with van der Waals surface area (Å²) in [7, 11) is 0. The molecule has 7 nitrogen and oxygen atoms in total. The van der Waals surface area contributed by atoms with Crippen LogP contribution in [0, 0.1) is 24.2 Å². The van der Waals surface area contributed by atoms with E-state index in [1.54, 1.807) is 11.3 Å². The van der Waals surface area contributed by atoms with Gasteiger partial charge in [0.25, 0.3) is 0 Å². The molecular formula is C29H43NO6S. The average Bonchev–Trinajstić information content (AvgIpc) is 3.24. The molecular weight excluding hydrogens is 490 g/mol. The summed E-state index contributed by atoms with van der Waals surface area (Å²) in [6.07, 6.45) is 4.74. The first-order valence-corrected chi connectivity index (χ1v) is 14.7. The number of hydrogen-bond donors (Lipinski definition) is 2. The zero-order valence-corrected chi connectivity index (χ0v) is 23.7. The van der Waals surface area contributed by atoms with Crippen molar-refractivity contribution in [1.82, 2.24) is 4.98 Å². The number of rotatable bonds is 3. The van der Waals surface area contributed by atoms with Crippen LogP contribution in [0.3, 0.4) is 0 Å². The number of nitrogens with zero attached hydrogens (tertiary/aromatic N) is 1. The van der Waals surface area contributed by atoms with Gasteiger partial charge in [-0.2, -0.15) is 0 Å². The molecule has 7 atom stereocenters. The number of Topliss-reactive ketones (excluding diaryl/α,β-unsaturated/α-hetero) is 1. The van der Waals surface area contributed by atoms with Crippen LogP contribution in [0.2, 0.25) is 0 Å². The van der Waals surface area contributed by atoms with Gasteiger partial charge in [-0.3, -0.25) is 9.59 Å². The summed E-state index contributed by atoms with van der Waals surface area (Å²) in [5.74, 6) is -1.21. The molecule has 2 N–H and O–H groups in total. The lowest BCUT2D eigenvalue weighted by Gasteiger charge is -2.46. The Morgan fingerprint density at radius 2 is 1.97 bits per heavy atom. The number of cyclic esters (lactones) is 1. The van der Waals surface area contributed by atoms with Crippen LogP contribution in [0.25, 0.3) is 6.08 Å². The molecule has 206 valence electrons. The lowest BCUT2D eigenvalue weighted by molar-refractivity contribution is -0.162. The van der Waals surface area contributed by atoms with E-state index in [2.05, 4.69) is 11.9 Å². The first-order chi connectivity index (χ1) is 17.5. The van der Waals surface area contributed by atoms with Crippen molar-refractivity contribution in [3.8, 4) is 0 Å². The number of carbonyl (C=O) groups is 2.